The third-order valence-electron chi connectivity index (χ3n) is 5.41. The molecular formula is C17H22N2O. The van der Waals surface area contributed by atoms with E-state index in [2.05, 4.69) is 54.0 Å². The standard InChI is InChI=1S/C17H22N2O/c1-16-9-18-11-17(2,15(16)20)12-19(10-16)14(18)8-13-6-4-3-5-7-13/h3-7,14H,8-12H2,1-2H3. The van der Waals surface area contributed by atoms with E-state index in [4.69, 9.17) is 0 Å². The van der Waals surface area contributed by atoms with Gasteiger partial charge in [0.05, 0.1) is 17.0 Å². The molecule has 0 atom stereocenters. The van der Waals surface area contributed by atoms with Gasteiger partial charge in [-0.05, 0) is 5.56 Å². The number of carbonyl (C=O) groups is 1. The largest absolute Gasteiger partial charge is 0.298 e. The highest BCUT2D eigenvalue weighted by atomic mass is 16.1. The second kappa shape index (κ2) is 3.92. The van der Waals surface area contributed by atoms with Gasteiger partial charge in [-0.3, -0.25) is 14.6 Å². The lowest BCUT2D eigenvalue weighted by molar-refractivity contribution is -0.195. The monoisotopic (exact) mass is 270 g/mol. The van der Waals surface area contributed by atoms with Gasteiger partial charge in [0.1, 0.15) is 5.78 Å². The molecule has 0 aliphatic carbocycles. The Bertz CT molecular complexity index is 513. The average molecular weight is 270 g/mol. The van der Waals surface area contributed by atoms with Crippen LogP contribution < -0.4 is 0 Å². The summed E-state index contributed by atoms with van der Waals surface area (Å²) in [6.07, 6.45) is 1.55. The van der Waals surface area contributed by atoms with Crippen LogP contribution in [0.1, 0.15) is 19.4 Å². The fraction of sp³-hybridized carbons (Fsp3) is 0.588. The summed E-state index contributed by atoms with van der Waals surface area (Å²) in [5.41, 5.74) is 1.11. The zero-order valence-corrected chi connectivity index (χ0v) is 12.3. The summed E-state index contributed by atoms with van der Waals surface area (Å²) in [4.78, 5) is 17.7. The highest BCUT2D eigenvalue weighted by Gasteiger charge is 2.61. The van der Waals surface area contributed by atoms with E-state index >= 15 is 0 Å². The van der Waals surface area contributed by atoms with Crippen molar-refractivity contribution in [2.75, 3.05) is 26.2 Å². The van der Waals surface area contributed by atoms with Crippen molar-refractivity contribution < 1.29 is 4.79 Å². The van der Waals surface area contributed by atoms with Crippen LogP contribution in [-0.2, 0) is 11.2 Å². The predicted octanol–water partition coefficient (Wildman–Crippen LogP) is 1.78. The molecule has 4 saturated heterocycles. The molecule has 0 spiro atoms. The summed E-state index contributed by atoms with van der Waals surface area (Å²) >= 11 is 0. The molecule has 1 aromatic rings. The van der Waals surface area contributed by atoms with Gasteiger partial charge in [-0.1, -0.05) is 44.2 Å². The summed E-state index contributed by atoms with van der Waals surface area (Å²) in [5, 5.41) is 0. The lowest BCUT2D eigenvalue weighted by atomic mass is 9.62. The van der Waals surface area contributed by atoms with Crippen LogP contribution in [0.2, 0.25) is 0 Å². The molecule has 1 aromatic carbocycles. The van der Waals surface area contributed by atoms with Crippen molar-refractivity contribution in [2.45, 2.75) is 26.4 Å². The number of nitrogens with zero attached hydrogens (tertiary/aromatic N) is 2. The molecule has 0 amide bonds. The molecule has 3 heteroatoms. The van der Waals surface area contributed by atoms with Crippen molar-refractivity contribution in [1.29, 1.82) is 0 Å². The Morgan fingerprint density at radius 3 is 2.00 bits per heavy atom. The zero-order valence-electron chi connectivity index (χ0n) is 12.3. The van der Waals surface area contributed by atoms with Crippen molar-refractivity contribution in [2.24, 2.45) is 10.8 Å². The average Bonchev–Trinajstić information content (AvgIpc) is 2.40. The molecule has 4 bridgehead atoms. The van der Waals surface area contributed by atoms with Gasteiger partial charge in [0, 0.05) is 32.6 Å². The molecule has 0 saturated carbocycles. The summed E-state index contributed by atoms with van der Waals surface area (Å²) in [6, 6.07) is 10.7. The first kappa shape index (κ1) is 12.5. The van der Waals surface area contributed by atoms with E-state index in [1.807, 2.05) is 0 Å². The van der Waals surface area contributed by atoms with Gasteiger partial charge >= 0.3 is 0 Å². The third-order valence-corrected chi connectivity index (χ3v) is 5.41. The number of hydrogen-bond donors (Lipinski definition) is 0. The van der Waals surface area contributed by atoms with Crippen LogP contribution in [0.3, 0.4) is 0 Å². The van der Waals surface area contributed by atoms with Gasteiger partial charge in [0.15, 0.2) is 0 Å². The Labute approximate surface area is 120 Å². The van der Waals surface area contributed by atoms with Crippen LogP contribution in [0.15, 0.2) is 30.3 Å². The van der Waals surface area contributed by atoms with E-state index in [9.17, 15) is 4.79 Å². The van der Waals surface area contributed by atoms with Crippen molar-refractivity contribution >= 4 is 5.78 Å². The van der Waals surface area contributed by atoms with Crippen molar-refractivity contribution in [3.63, 3.8) is 0 Å². The van der Waals surface area contributed by atoms with Gasteiger partial charge in [-0.15, -0.1) is 0 Å². The number of rotatable bonds is 2. The maximum Gasteiger partial charge on any atom is 0.149 e. The van der Waals surface area contributed by atoms with E-state index in [-0.39, 0.29) is 10.8 Å². The second-order valence-electron chi connectivity index (χ2n) is 7.43. The summed E-state index contributed by atoms with van der Waals surface area (Å²) < 4.78 is 0. The van der Waals surface area contributed by atoms with E-state index in [1.54, 1.807) is 0 Å². The quantitative estimate of drug-likeness (QED) is 0.818. The number of piperidine rings is 2. The van der Waals surface area contributed by atoms with Gasteiger partial charge in [0.2, 0.25) is 0 Å². The predicted molar refractivity (Wildman–Crippen MR) is 78.3 cm³/mol. The van der Waals surface area contributed by atoms with Crippen molar-refractivity contribution in [3.8, 4) is 0 Å². The van der Waals surface area contributed by atoms with Crippen LogP contribution >= 0.6 is 0 Å². The van der Waals surface area contributed by atoms with Crippen LogP contribution in [0.25, 0.3) is 0 Å². The first-order valence-corrected chi connectivity index (χ1v) is 7.57. The zero-order chi connectivity index (χ0) is 14.0. The highest BCUT2D eigenvalue weighted by molar-refractivity contribution is 5.92. The number of benzene rings is 1. The van der Waals surface area contributed by atoms with Crippen molar-refractivity contribution in [1.82, 2.24) is 9.80 Å². The Morgan fingerprint density at radius 1 is 1.00 bits per heavy atom. The summed E-state index contributed by atoms with van der Waals surface area (Å²) in [6.45, 7) is 8.07. The van der Waals surface area contributed by atoms with Gasteiger partial charge in [-0.2, -0.15) is 0 Å². The van der Waals surface area contributed by atoms with Crippen molar-refractivity contribution in [3.05, 3.63) is 35.9 Å². The third kappa shape index (κ3) is 1.63. The van der Waals surface area contributed by atoms with E-state index in [0.717, 1.165) is 32.6 Å². The first-order valence-electron chi connectivity index (χ1n) is 7.57. The smallest absolute Gasteiger partial charge is 0.149 e. The van der Waals surface area contributed by atoms with Gasteiger partial charge < -0.3 is 0 Å². The lowest BCUT2D eigenvalue weighted by Gasteiger charge is -2.64. The molecule has 5 rings (SSSR count). The fourth-order valence-electron chi connectivity index (χ4n) is 4.76. The summed E-state index contributed by atoms with van der Waals surface area (Å²) in [5.74, 6) is 0.496. The minimum absolute atomic E-state index is 0.140. The number of ketones is 1. The molecule has 0 aromatic heterocycles. The first-order chi connectivity index (χ1) is 9.50. The Kier molecular flexibility index (Phi) is 2.46. The molecule has 20 heavy (non-hydrogen) atoms. The Balaban J connectivity index is 1.63. The minimum atomic E-state index is -0.140. The van der Waals surface area contributed by atoms with Crippen LogP contribution in [0.4, 0.5) is 0 Å². The Morgan fingerprint density at radius 2 is 1.50 bits per heavy atom. The molecule has 0 unspecified atom stereocenters. The number of hydrogen-bond acceptors (Lipinski definition) is 3. The molecule has 3 nitrogen and oxygen atoms in total. The molecule has 4 aliphatic rings. The highest BCUT2D eigenvalue weighted by Crippen LogP contribution is 2.48. The minimum Gasteiger partial charge on any atom is -0.298 e. The normalized spacial score (nSPS) is 45.9. The van der Waals surface area contributed by atoms with Gasteiger partial charge in [-0.25, -0.2) is 0 Å². The molecule has 106 valence electrons. The molecule has 4 fully saturated rings. The molecule has 0 radical (unpaired) electrons. The van der Waals surface area contributed by atoms with E-state index in [0.29, 0.717) is 11.9 Å². The topological polar surface area (TPSA) is 23.6 Å². The van der Waals surface area contributed by atoms with E-state index < -0.39 is 0 Å². The molecule has 4 heterocycles. The summed E-state index contributed by atoms with van der Waals surface area (Å²) in [7, 11) is 0. The lowest BCUT2D eigenvalue weighted by Crippen LogP contribution is -2.78. The second-order valence-corrected chi connectivity index (χ2v) is 7.43. The number of carbonyl (C=O) groups excluding carboxylic acids is 1. The number of Topliss-reactive ketones (excluding diaryl/α,β-unsaturated/α-hetero) is 1. The van der Waals surface area contributed by atoms with E-state index in [1.165, 1.54) is 5.56 Å². The maximum atomic E-state index is 12.6. The van der Waals surface area contributed by atoms with Crippen LogP contribution in [0, 0.1) is 10.8 Å². The SMILES string of the molecule is CC12CN3CC(C)(CN(C1)C3Cc1ccccc1)C2=O. The van der Waals surface area contributed by atoms with Crippen LogP contribution in [0.5, 0.6) is 0 Å². The Hall–Kier alpha value is -1.19. The maximum absolute atomic E-state index is 12.6. The van der Waals surface area contributed by atoms with Crippen LogP contribution in [-0.4, -0.2) is 47.9 Å². The molecular weight excluding hydrogens is 248 g/mol. The fourth-order valence-corrected chi connectivity index (χ4v) is 4.76. The molecule has 0 N–H and O–H groups in total. The van der Waals surface area contributed by atoms with Gasteiger partial charge in [0.25, 0.3) is 0 Å². The molecule has 4 aliphatic heterocycles.